The van der Waals surface area contributed by atoms with Gasteiger partial charge in [-0.1, -0.05) is 30.3 Å². The first-order valence-corrected chi connectivity index (χ1v) is 6.87. The van der Waals surface area contributed by atoms with Crippen LogP contribution < -0.4 is 4.74 Å². The van der Waals surface area contributed by atoms with E-state index >= 15 is 0 Å². The molecule has 1 saturated heterocycles. The summed E-state index contributed by atoms with van der Waals surface area (Å²) < 4.78 is 5.75. The number of amides is 2. The van der Waals surface area contributed by atoms with Crippen molar-refractivity contribution in [3.8, 4) is 11.5 Å². The van der Waals surface area contributed by atoms with Gasteiger partial charge >= 0.3 is 0 Å². The van der Waals surface area contributed by atoms with Crippen molar-refractivity contribution in [1.29, 1.82) is 0 Å². The van der Waals surface area contributed by atoms with Crippen LogP contribution in [0.15, 0.2) is 54.6 Å². The van der Waals surface area contributed by atoms with Crippen LogP contribution in [0.3, 0.4) is 0 Å². The summed E-state index contributed by atoms with van der Waals surface area (Å²) in [5, 5.41) is 0. The van der Waals surface area contributed by atoms with E-state index < -0.39 is 0 Å². The number of nitrogens with zero attached hydrogens (tertiary/aromatic N) is 1. The predicted octanol–water partition coefficient (Wildman–Crippen LogP) is 3.13. The van der Waals surface area contributed by atoms with Crippen LogP contribution in [0.25, 0.3) is 0 Å². The second-order valence-electron chi connectivity index (χ2n) is 4.94. The second-order valence-corrected chi connectivity index (χ2v) is 4.94. The van der Waals surface area contributed by atoms with Gasteiger partial charge in [-0.05, 0) is 29.8 Å². The third kappa shape index (κ3) is 3.11. The minimum Gasteiger partial charge on any atom is -0.457 e. The van der Waals surface area contributed by atoms with Gasteiger partial charge in [0.25, 0.3) is 0 Å². The Kier molecular flexibility index (Phi) is 3.69. The van der Waals surface area contributed by atoms with Crippen LogP contribution in [0.5, 0.6) is 11.5 Å². The molecule has 3 rings (SSSR count). The SMILES string of the molecule is O=C1CCC(=O)N1Cc1cccc(Oc2ccccc2)c1. The Morgan fingerprint density at radius 1 is 0.857 bits per heavy atom. The Labute approximate surface area is 123 Å². The molecule has 0 atom stereocenters. The molecule has 0 unspecified atom stereocenters. The van der Waals surface area contributed by atoms with E-state index in [0.29, 0.717) is 25.1 Å². The largest absolute Gasteiger partial charge is 0.457 e. The monoisotopic (exact) mass is 281 g/mol. The predicted molar refractivity (Wildman–Crippen MR) is 77.7 cm³/mol. The fourth-order valence-corrected chi connectivity index (χ4v) is 2.31. The van der Waals surface area contributed by atoms with E-state index in [2.05, 4.69) is 0 Å². The quantitative estimate of drug-likeness (QED) is 0.809. The van der Waals surface area contributed by atoms with Gasteiger partial charge in [-0.15, -0.1) is 0 Å². The van der Waals surface area contributed by atoms with E-state index in [0.717, 1.165) is 11.3 Å². The van der Waals surface area contributed by atoms with Gasteiger partial charge in [-0.2, -0.15) is 0 Å². The average Bonchev–Trinajstić information content (AvgIpc) is 2.81. The zero-order valence-corrected chi connectivity index (χ0v) is 11.5. The van der Waals surface area contributed by atoms with Crippen LogP contribution in [0.2, 0.25) is 0 Å². The molecule has 4 nitrogen and oxygen atoms in total. The summed E-state index contributed by atoms with van der Waals surface area (Å²) in [5.41, 5.74) is 0.882. The van der Waals surface area contributed by atoms with Crippen LogP contribution in [0, 0.1) is 0 Å². The summed E-state index contributed by atoms with van der Waals surface area (Å²) in [4.78, 5) is 24.6. The van der Waals surface area contributed by atoms with Crippen molar-refractivity contribution in [2.45, 2.75) is 19.4 Å². The molecule has 0 N–H and O–H groups in total. The average molecular weight is 281 g/mol. The third-order valence-electron chi connectivity index (χ3n) is 3.37. The van der Waals surface area contributed by atoms with Crippen molar-refractivity contribution >= 4 is 11.8 Å². The fraction of sp³-hybridized carbons (Fsp3) is 0.176. The minimum atomic E-state index is -0.102. The molecule has 1 heterocycles. The maximum atomic E-state index is 11.6. The van der Waals surface area contributed by atoms with Crippen molar-refractivity contribution in [2.24, 2.45) is 0 Å². The van der Waals surface area contributed by atoms with Crippen molar-refractivity contribution in [3.63, 3.8) is 0 Å². The second kappa shape index (κ2) is 5.79. The molecule has 4 heteroatoms. The molecule has 0 saturated carbocycles. The Balaban J connectivity index is 1.74. The molecule has 0 aliphatic carbocycles. The number of hydrogen-bond donors (Lipinski definition) is 0. The lowest BCUT2D eigenvalue weighted by atomic mass is 10.2. The first kappa shape index (κ1) is 13.4. The lowest BCUT2D eigenvalue weighted by Crippen LogP contribution is -2.28. The molecule has 2 amide bonds. The molecule has 0 bridgehead atoms. The number of rotatable bonds is 4. The van der Waals surface area contributed by atoms with Crippen LogP contribution in [0.1, 0.15) is 18.4 Å². The minimum absolute atomic E-state index is 0.102. The normalized spacial score (nSPS) is 14.6. The number of carbonyl (C=O) groups is 2. The highest BCUT2D eigenvalue weighted by Gasteiger charge is 2.28. The zero-order chi connectivity index (χ0) is 14.7. The van der Waals surface area contributed by atoms with Crippen molar-refractivity contribution in [2.75, 3.05) is 0 Å². The van der Waals surface area contributed by atoms with Crippen LogP contribution in [-0.2, 0) is 16.1 Å². The zero-order valence-electron chi connectivity index (χ0n) is 11.5. The third-order valence-corrected chi connectivity index (χ3v) is 3.37. The van der Waals surface area contributed by atoms with Crippen LogP contribution in [-0.4, -0.2) is 16.7 Å². The van der Waals surface area contributed by atoms with E-state index in [-0.39, 0.29) is 11.8 Å². The summed E-state index contributed by atoms with van der Waals surface area (Å²) >= 11 is 0. The van der Waals surface area contributed by atoms with Crippen molar-refractivity contribution in [3.05, 3.63) is 60.2 Å². The molecule has 2 aromatic carbocycles. The summed E-state index contributed by atoms with van der Waals surface area (Å²) in [6, 6.07) is 16.9. The number of para-hydroxylation sites is 1. The maximum absolute atomic E-state index is 11.6. The number of carbonyl (C=O) groups excluding carboxylic acids is 2. The number of likely N-dealkylation sites (tertiary alicyclic amines) is 1. The van der Waals surface area contributed by atoms with E-state index in [1.54, 1.807) is 0 Å². The van der Waals surface area contributed by atoms with E-state index in [1.165, 1.54) is 4.90 Å². The van der Waals surface area contributed by atoms with Gasteiger partial charge in [0.1, 0.15) is 11.5 Å². The lowest BCUT2D eigenvalue weighted by molar-refractivity contribution is -0.139. The summed E-state index contributed by atoms with van der Waals surface area (Å²) in [6.45, 7) is 0.309. The summed E-state index contributed by atoms with van der Waals surface area (Å²) in [5.74, 6) is 1.24. The molecular formula is C17H15NO3. The molecule has 1 aliphatic heterocycles. The van der Waals surface area contributed by atoms with Gasteiger partial charge in [0, 0.05) is 12.8 Å². The molecule has 106 valence electrons. The standard InChI is InChI=1S/C17H15NO3/c19-16-9-10-17(20)18(16)12-13-5-4-8-15(11-13)21-14-6-2-1-3-7-14/h1-8,11H,9-10,12H2. The van der Waals surface area contributed by atoms with Crippen molar-refractivity contribution in [1.82, 2.24) is 4.90 Å². The Morgan fingerprint density at radius 3 is 2.24 bits per heavy atom. The highest BCUT2D eigenvalue weighted by atomic mass is 16.5. The van der Waals surface area contributed by atoms with Gasteiger partial charge in [-0.25, -0.2) is 0 Å². The number of benzene rings is 2. The Morgan fingerprint density at radius 2 is 1.52 bits per heavy atom. The van der Waals surface area contributed by atoms with Gasteiger partial charge in [0.2, 0.25) is 11.8 Å². The molecular weight excluding hydrogens is 266 g/mol. The molecule has 0 radical (unpaired) electrons. The van der Waals surface area contributed by atoms with Gasteiger partial charge in [0.05, 0.1) is 6.54 Å². The number of imide groups is 1. The highest BCUT2D eigenvalue weighted by molar-refractivity contribution is 6.01. The number of hydrogen-bond acceptors (Lipinski definition) is 3. The highest BCUT2D eigenvalue weighted by Crippen LogP contribution is 2.23. The fourth-order valence-electron chi connectivity index (χ4n) is 2.31. The Bertz CT molecular complexity index is 651. The van der Waals surface area contributed by atoms with E-state index in [9.17, 15) is 9.59 Å². The summed E-state index contributed by atoms with van der Waals surface area (Å²) in [7, 11) is 0. The molecule has 0 aromatic heterocycles. The molecule has 1 aliphatic rings. The van der Waals surface area contributed by atoms with Gasteiger partial charge in [0.15, 0.2) is 0 Å². The van der Waals surface area contributed by atoms with Gasteiger partial charge in [-0.3, -0.25) is 14.5 Å². The maximum Gasteiger partial charge on any atom is 0.229 e. The van der Waals surface area contributed by atoms with Crippen LogP contribution >= 0.6 is 0 Å². The first-order chi connectivity index (χ1) is 10.2. The molecule has 1 fully saturated rings. The van der Waals surface area contributed by atoms with Gasteiger partial charge < -0.3 is 4.74 Å². The first-order valence-electron chi connectivity index (χ1n) is 6.87. The summed E-state index contributed by atoms with van der Waals surface area (Å²) in [6.07, 6.45) is 0.637. The van der Waals surface area contributed by atoms with Crippen LogP contribution in [0.4, 0.5) is 0 Å². The molecule has 0 spiro atoms. The number of ether oxygens (including phenoxy) is 1. The Hall–Kier alpha value is -2.62. The van der Waals surface area contributed by atoms with E-state index in [4.69, 9.17) is 4.74 Å². The van der Waals surface area contributed by atoms with E-state index in [1.807, 2.05) is 54.6 Å². The molecule has 2 aromatic rings. The lowest BCUT2D eigenvalue weighted by Gasteiger charge is -2.14. The smallest absolute Gasteiger partial charge is 0.229 e. The molecule has 21 heavy (non-hydrogen) atoms. The van der Waals surface area contributed by atoms with Crippen molar-refractivity contribution < 1.29 is 14.3 Å². The topological polar surface area (TPSA) is 46.6 Å².